The Morgan fingerprint density at radius 2 is 1.93 bits per heavy atom. The largest absolute Gasteiger partial charge is 0.484 e. The molecule has 3 aromatic rings. The van der Waals surface area contributed by atoms with E-state index in [0.717, 1.165) is 5.69 Å². The zero-order valence-corrected chi connectivity index (χ0v) is 18.2. The molecule has 0 saturated heterocycles. The molecule has 0 aliphatic heterocycles. The molecule has 0 spiro atoms. The van der Waals surface area contributed by atoms with Crippen LogP contribution in [0.1, 0.15) is 25.6 Å². The monoisotopic (exact) mass is 442 g/mol. The van der Waals surface area contributed by atoms with Gasteiger partial charge in [0.05, 0.1) is 10.8 Å². The number of thioether (sulfide) groups is 1. The summed E-state index contributed by atoms with van der Waals surface area (Å²) in [4.78, 5) is 12.3. The lowest BCUT2D eigenvalue weighted by Gasteiger charge is -2.13. The molecular formula is C22H23ClN4O2S. The van der Waals surface area contributed by atoms with Gasteiger partial charge in [-0.2, -0.15) is 0 Å². The minimum atomic E-state index is 0.0101. The predicted octanol–water partition coefficient (Wildman–Crippen LogP) is 4.51. The van der Waals surface area contributed by atoms with E-state index in [0.29, 0.717) is 27.7 Å². The van der Waals surface area contributed by atoms with Gasteiger partial charge >= 0.3 is 0 Å². The molecule has 1 atom stereocenters. The second-order valence-electron chi connectivity index (χ2n) is 7.27. The summed E-state index contributed by atoms with van der Waals surface area (Å²) in [6.45, 7) is 2.27. The molecule has 1 saturated carbocycles. The second kappa shape index (κ2) is 9.53. The number of benzene rings is 2. The number of rotatable bonds is 9. The van der Waals surface area contributed by atoms with Crippen LogP contribution in [0.25, 0.3) is 5.69 Å². The Balaban J connectivity index is 1.49. The van der Waals surface area contributed by atoms with Gasteiger partial charge in [0.1, 0.15) is 12.4 Å². The number of aromatic nitrogens is 3. The molecule has 156 valence electrons. The Labute approximate surface area is 185 Å². The average Bonchev–Trinajstić information content (AvgIpc) is 3.53. The van der Waals surface area contributed by atoms with Gasteiger partial charge in [-0.1, -0.05) is 53.7 Å². The van der Waals surface area contributed by atoms with Gasteiger partial charge in [-0.25, -0.2) is 0 Å². The first-order chi connectivity index (χ1) is 14.6. The third-order valence-electron chi connectivity index (χ3n) is 4.96. The molecule has 0 bridgehead atoms. The topological polar surface area (TPSA) is 69.0 Å². The summed E-state index contributed by atoms with van der Waals surface area (Å²) in [7, 11) is 0. The summed E-state index contributed by atoms with van der Waals surface area (Å²) in [5, 5.41) is 12.9. The fourth-order valence-electron chi connectivity index (χ4n) is 3.17. The van der Waals surface area contributed by atoms with Crippen LogP contribution in [0.3, 0.4) is 0 Å². The Bertz CT molecular complexity index is 1010. The van der Waals surface area contributed by atoms with E-state index in [9.17, 15) is 4.79 Å². The van der Waals surface area contributed by atoms with Crippen molar-refractivity contribution in [1.82, 2.24) is 20.1 Å². The summed E-state index contributed by atoms with van der Waals surface area (Å²) >= 11 is 7.55. The molecule has 8 heteroatoms. The highest BCUT2D eigenvalue weighted by molar-refractivity contribution is 7.99. The lowest BCUT2D eigenvalue weighted by Crippen LogP contribution is -2.35. The van der Waals surface area contributed by atoms with E-state index >= 15 is 0 Å². The van der Waals surface area contributed by atoms with E-state index in [-0.39, 0.29) is 24.3 Å². The normalized spacial score (nSPS) is 14.3. The first kappa shape index (κ1) is 20.8. The van der Waals surface area contributed by atoms with Gasteiger partial charge in [0, 0.05) is 11.7 Å². The summed E-state index contributed by atoms with van der Waals surface area (Å²) in [5.41, 5.74) is 0.912. The van der Waals surface area contributed by atoms with Crippen LogP contribution >= 0.6 is 23.4 Å². The van der Waals surface area contributed by atoms with Crippen molar-refractivity contribution in [3.63, 3.8) is 0 Å². The zero-order valence-electron chi connectivity index (χ0n) is 16.6. The van der Waals surface area contributed by atoms with Crippen molar-refractivity contribution in [2.75, 3.05) is 5.75 Å². The van der Waals surface area contributed by atoms with Crippen molar-refractivity contribution in [1.29, 1.82) is 0 Å². The van der Waals surface area contributed by atoms with Crippen LogP contribution in [-0.2, 0) is 11.4 Å². The first-order valence-electron chi connectivity index (χ1n) is 9.91. The number of ether oxygens (including phenoxy) is 1. The molecule has 1 aliphatic carbocycles. The molecule has 6 nitrogen and oxygen atoms in total. The molecule has 0 radical (unpaired) electrons. The van der Waals surface area contributed by atoms with Crippen LogP contribution in [0.5, 0.6) is 5.75 Å². The number of amides is 1. The molecule has 1 amide bonds. The SMILES string of the molecule is CC(NC(=O)CSc1nnc(COc2ccccc2Cl)n1-c1ccccc1)C1CC1. The van der Waals surface area contributed by atoms with Crippen molar-refractivity contribution >= 4 is 29.3 Å². The average molecular weight is 443 g/mol. The van der Waals surface area contributed by atoms with E-state index in [1.54, 1.807) is 6.07 Å². The molecule has 4 rings (SSSR count). The standard InChI is InChI=1S/C22H23ClN4O2S/c1-15(16-11-12-16)24-21(28)14-30-22-26-25-20(27(22)17-7-3-2-4-8-17)13-29-19-10-6-5-9-18(19)23/h2-10,15-16H,11-14H2,1H3,(H,24,28). The van der Waals surface area contributed by atoms with Crippen LogP contribution in [-0.4, -0.2) is 32.5 Å². The smallest absolute Gasteiger partial charge is 0.230 e. The molecule has 1 heterocycles. The third kappa shape index (κ3) is 5.15. The molecule has 1 unspecified atom stereocenters. The van der Waals surface area contributed by atoms with Crippen LogP contribution in [0.4, 0.5) is 0 Å². The highest BCUT2D eigenvalue weighted by atomic mass is 35.5. The van der Waals surface area contributed by atoms with Crippen LogP contribution in [0.15, 0.2) is 59.8 Å². The van der Waals surface area contributed by atoms with Crippen LogP contribution < -0.4 is 10.1 Å². The Hall–Kier alpha value is -2.51. The quantitative estimate of drug-likeness (QED) is 0.494. The number of carbonyl (C=O) groups is 1. The van der Waals surface area contributed by atoms with Gasteiger partial charge in [-0.3, -0.25) is 9.36 Å². The molecule has 1 N–H and O–H groups in total. The van der Waals surface area contributed by atoms with E-state index in [1.807, 2.05) is 53.1 Å². The zero-order chi connectivity index (χ0) is 20.9. The maximum atomic E-state index is 12.3. The lowest BCUT2D eigenvalue weighted by molar-refractivity contribution is -0.119. The minimum absolute atomic E-state index is 0.0101. The number of nitrogens with one attached hydrogen (secondary N) is 1. The van der Waals surface area contributed by atoms with Crippen LogP contribution in [0.2, 0.25) is 5.02 Å². The highest BCUT2D eigenvalue weighted by Gasteiger charge is 2.29. The number of halogens is 1. The fourth-order valence-corrected chi connectivity index (χ4v) is 4.14. The maximum absolute atomic E-state index is 12.3. The van der Waals surface area contributed by atoms with Crippen molar-refractivity contribution in [2.45, 2.75) is 37.6 Å². The van der Waals surface area contributed by atoms with Gasteiger partial charge in [-0.05, 0) is 49.9 Å². The number of hydrogen-bond donors (Lipinski definition) is 1. The maximum Gasteiger partial charge on any atom is 0.230 e. The molecule has 1 fully saturated rings. The molecule has 1 aromatic heterocycles. The van der Waals surface area contributed by atoms with E-state index in [1.165, 1.54) is 24.6 Å². The summed E-state index contributed by atoms with van der Waals surface area (Å²) in [6, 6.07) is 17.3. The van der Waals surface area contributed by atoms with Gasteiger partial charge < -0.3 is 10.1 Å². The Kier molecular flexibility index (Phi) is 6.59. The van der Waals surface area contributed by atoms with E-state index in [2.05, 4.69) is 22.4 Å². The van der Waals surface area contributed by atoms with Crippen molar-refractivity contribution in [3.05, 3.63) is 65.4 Å². The molecule has 1 aliphatic rings. The fraction of sp³-hybridized carbons (Fsp3) is 0.318. The molecule has 2 aromatic carbocycles. The van der Waals surface area contributed by atoms with E-state index in [4.69, 9.17) is 16.3 Å². The number of carbonyl (C=O) groups excluding carboxylic acids is 1. The van der Waals surface area contributed by atoms with Crippen LogP contribution in [0, 0.1) is 5.92 Å². The first-order valence-corrected chi connectivity index (χ1v) is 11.3. The second-order valence-corrected chi connectivity index (χ2v) is 8.62. The van der Waals surface area contributed by atoms with Crippen molar-refractivity contribution in [2.24, 2.45) is 5.92 Å². The highest BCUT2D eigenvalue weighted by Crippen LogP contribution is 2.32. The molecular weight excluding hydrogens is 420 g/mol. The van der Waals surface area contributed by atoms with Crippen molar-refractivity contribution < 1.29 is 9.53 Å². The number of hydrogen-bond acceptors (Lipinski definition) is 5. The van der Waals surface area contributed by atoms with Gasteiger partial charge in [0.2, 0.25) is 5.91 Å². The Morgan fingerprint density at radius 3 is 2.67 bits per heavy atom. The van der Waals surface area contributed by atoms with Gasteiger partial charge in [-0.15, -0.1) is 10.2 Å². The van der Waals surface area contributed by atoms with Crippen molar-refractivity contribution in [3.8, 4) is 11.4 Å². The van der Waals surface area contributed by atoms with E-state index < -0.39 is 0 Å². The molecule has 30 heavy (non-hydrogen) atoms. The number of para-hydroxylation sites is 2. The lowest BCUT2D eigenvalue weighted by atomic mass is 10.2. The minimum Gasteiger partial charge on any atom is -0.484 e. The third-order valence-corrected chi connectivity index (χ3v) is 6.20. The van der Waals surface area contributed by atoms with Gasteiger partial charge in [0.15, 0.2) is 11.0 Å². The summed E-state index contributed by atoms with van der Waals surface area (Å²) in [6.07, 6.45) is 2.40. The Morgan fingerprint density at radius 1 is 1.20 bits per heavy atom. The predicted molar refractivity (Wildman–Crippen MR) is 118 cm³/mol. The van der Waals surface area contributed by atoms with Gasteiger partial charge in [0.25, 0.3) is 0 Å². The summed E-state index contributed by atoms with van der Waals surface area (Å²) in [5.74, 6) is 2.14. The summed E-state index contributed by atoms with van der Waals surface area (Å²) < 4.78 is 7.78. The number of nitrogens with zero attached hydrogens (tertiary/aromatic N) is 3.